The zero-order valence-electron chi connectivity index (χ0n) is 14.1. The molecule has 124 valence electrons. The Hall–Kier alpha value is -2.62. The molecule has 1 atom stereocenters. The number of hydrogen-bond donors (Lipinski definition) is 0. The standard InChI is InChI=1S/C20H22N2O2/c1-3-15-9-11-18(12-10-15)22-14-16(13-19(22)23)20(24)21(2)17-7-5-4-6-8-17/h4-12,16H,3,13-14H2,1-2H3/t16-/m1/s1. The fourth-order valence-electron chi connectivity index (χ4n) is 3.09. The van der Waals surface area contributed by atoms with Gasteiger partial charge in [-0.3, -0.25) is 9.59 Å². The minimum atomic E-state index is -0.298. The summed E-state index contributed by atoms with van der Waals surface area (Å²) in [5.74, 6) is -0.296. The first kappa shape index (κ1) is 16.2. The maximum absolute atomic E-state index is 12.7. The summed E-state index contributed by atoms with van der Waals surface area (Å²) in [6, 6.07) is 17.5. The highest BCUT2D eigenvalue weighted by atomic mass is 16.2. The number of para-hydroxylation sites is 1. The number of amides is 2. The second-order valence-electron chi connectivity index (χ2n) is 6.16. The molecule has 2 aromatic rings. The van der Waals surface area contributed by atoms with Gasteiger partial charge in [0.1, 0.15) is 0 Å². The Morgan fingerprint density at radius 1 is 1.12 bits per heavy atom. The van der Waals surface area contributed by atoms with Crippen LogP contribution in [0.4, 0.5) is 11.4 Å². The van der Waals surface area contributed by atoms with Gasteiger partial charge in [-0.1, -0.05) is 37.3 Å². The second kappa shape index (κ2) is 6.87. The van der Waals surface area contributed by atoms with Gasteiger partial charge in [0.15, 0.2) is 0 Å². The van der Waals surface area contributed by atoms with Gasteiger partial charge in [-0.2, -0.15) is 0 Å². The molecule has 2 amide bonds. The van der Waals surface area contributed by atoms with Crippen LogP contribution in [0.1, 0.15) is 18.9 Å². The summed E-state index contributed by atoms with van der Waals surface area (Å²) in [7, 11) is 1.76. The summed E-state index contributed by atoms with van der Waals surface area (Å²) in [5, 5.41) is 0. The molecule has 24 heavy (non-hydrogen) atoms. The third-order valence-corrected chi connectivity index (χ3v) is 4.60. The van der Waals surface area contributed by atoms with Crippen LogP contribution in [0.15, 0.2) is 54.6 Å². The van der Waals surface area contributed by atoms with Crippen LogP contribution < -0.4 is 9.80 Å². The molecule has 0 spiro atoms. The summed E-state index contributed by atoms with van der Waals surface area (Å²) < 4.78 is 0. The van der Waals surface area contributed by atoms with Gasteiger partial charge >= 0.3 is 0 Å². The normalized spacial score (nSPS) is 17.2. The summed E-state index contributed by atoms with van der Waals surface area (Å²) in [5.41, 5.74) is 2.96. The summed E-state index contributed by atoms with van der Waals surface area (Å²) in [4.78, 5) is 28.4. The van der Waals surface area contributed by atoms with Gasteiger partial charge in [0.2, 0.25) is 11.8 Å². The van der Waals surface area contributed by atoms with Crippen LogP contribution in [0.2, 0.25) is 0 Å². The first-order chi connectivity index (χ1) is 11.6. The van der Waals surface area contributed by atoms with Gasteiger partial charge in [-0.15, -0.1) is 0 Å². The molecule has 1 aliphatic heterocycles. The van der Waals surface area contributed by atoms with Gasteiger partial charge in [-0.05, 0) is 36.2 Å². The van der Waals surface area contributed by atoms with Gasteiger partial charge in [0, 0.05) is 31.4 Å². The van der Waals surface area contributed by atoms with E-state index in [1.165, 1.54) is 5.56 Å². The van der Waals surface area contributed by atoms with Crippen molar-refractivity contribution in [3.05, 3.63) is 60.2 Å². The van der Waals surface area contributed by atoms with Crippen molar-refractivity contribution in [2.45, 2.75) is 19.8 Å². The van der Waals surface area contributed by atoms with Gasteiger partial charge in [-0.25, -0.2) is 0 Å². The highest BCUT2D eigenvalue weighted by molar-refractivity contribution is 6.04. The van der Waals surface area contributed by atoms with Crippen molar-refractivity contribution < 1.29 is 9.59 Å². The molecule has 0 aliphatic carbocycles. The van der Waals surface area contributed by atoms with Crippen molar-refractivity contribution in [2.24, 2.45) is 5.92 Å². The Morgan fingerprint density at radius 3 is 2.42 bits per heavy atom. The zero-order chi connectivity index (χ0) is 17.1. The number of rotatable bonds is 4. The Labute approximate surface area is 142 Å². The first-order valence-electron chi connectivity index (χ1n) is 8.32. The van der Waals surface area contributed by atoms with Crippen molar-refractivity contribution >= 4 is 23.2 Å². The highest BCUT2D eigenvalue weighted by Crippen LogP contribution is 2.27. The Kier molecular flexibility index (Phi) is 4.65. The molecule has 3 rings (SSSR count). The van der Waals surface area contributed by atoms with Crippen molar-refractivity contribution in [2.75, 3.05) is 23.4 Å². The minimum absolute atomic E-state index is 0.0118. The monoisotopic (exact) mass is 322 g/mol. The van der Waals surface area contributed by atoms with Crippen molar-refractivity contribution in [3.8, 4) is 0 Å². The average molecular weight is 322 g/mol. The fourth-order valence-corrected chi connectivity index (χ4v) is 3.09. The fraction of sp³-hybridized carbons (Fsp3) is 0.300. The molecule has 0 saturated carbocycles. The summed E-state index contributed by atoms with van der Waals surface area (Å²) >= 11 is 0. The van der Waals surface area contributed by atoms with E-state index in [4.69, 9.17) is 0 Å². The largest absolute Gasteiger partial charge is 0.315 e. The van der Waals surface area contributed by atoms with E-state index < -0.39 is 0 Å². The van der Waals surface area contributed by atoms with E-state index in [9.17, 15) is 9.59 Å². The molecule has 1 fully saturated rings. The third-order valence-electron chi connectivity index (χ3n) is 4.60. The number of hydrogen-bond acceptors (Lipinski definition) is 2. The van der Waals surface area contributed by atoms with Crippen LogP contribution >= 0.6 is 0 Å². The van der Waals surface area contributed by atoms with Crippen LogP contribution in [0.3, 0.4) is 0 Å². The maximum Gasteiger partial charge on any atom is 0.232 e. The van der Waals surface area contributed by atoms with E-state index in [2.05, 4.69) is 6.92 Å². The zero-order valence-corrected chi connectivity index (χ0v) is 14.1. The van der Waals surface area contributed by atoms with E-state index in [0.717, 1.165) is 17.8 Å². The van der Waals surface area contributed by atoms with Crippen LogP contribution in [0, 0.1) is 5.92 Å². The summed E-state index contributed by atoms with van der Waals surface area (Å²) in [6.45, 7) is 2.55. The lowest BCUT2D eigenvalue weighted by atomic mass is 10.1. The quantitative estimate of drug-likeness (QED) is 0.867. The molecule has 0 bridgehead atoms. The number of nitrogens with zero attached hydrogens (tertiary/aromatic N) is 2. The van der Waals surface area contributed by atoms with E-state index in [1.807, 2.05) is 54.6 Å². The molecule has 0 aromatic heterocycles. The molecule has 0 radical (unpaired) electrons. The highest BCUT2D eigenvalue weighted by Gasteiger charge is 2.36. The van der Waals surface area contributed by atoms with Crippen LogP contribution in [0.5, 0.6) is 0 Å². The third kappa shape index (κ3) is 3.18. The second-order valence-corrected chi connectivity index (χ2v) is 6.16. The average Bonchev–Trinajstić information content (AvgIpc) is 3.03. The van der Waals surface area contributed by atoms with Crippen molar-refractivity contribution in [1.82, 2.24) is 0 Å². The molecule has 1 saturated heterocycles. The lowest BCUT2D eigenvalue weighted by Crippen LogP contribution is -2.34. The number of aryl methyl sites for hydroxylation is 1. The lowest BCUT2D eigenvalue weighted by Gasteiger charge is -2.21. The number of carbonyl (C=O) groups is 2. The topological polar surface area (TPSA) is 40.6 Å². The molecule has 2 aromatic carbocycles. The van der Waals surface area contributed by atoms with Gasteiger partial charge in [0.05, 0.1) is 5.92 Å². The molecule has 1 heterocycles. The lowest BCUT2D eigenvalue weighted by molar-refractivity contribution is -0.124. The van der Waals surface area contributed by atoms with Gasteiger partial charge in [0.25, 0.3) is 0 Å². The smallest absolute Gasteiger partial charge is 0.232 e. The van der Waals surface area contributed by atoms with E-state index in [-0.39, 0.29) is 24.2 Å². The molecular weight excluding hydrogens is 300 g/mol. The molecular formula is C20H22N2O2. The van der Waals surface area contributed by atoms with Crippen LogP contribution in [-0.4, -0.2) is 25.4 Å². The Bertz CT molecular complexity index is 725. The number of carbonyl (C=O) groups excluding carboxylic acids is 2. The first-order valence-corrected chi connectivity index (χ1v) is 8.32. The predicted molar refractivity (Wildman–Crippen MR) is 96.1 cm³/mol. The van der Waals surface area contributed by atoms with Crippen LogP contribution in [0.25, 0.3) is 0 Å². The van der Waals surface area contributed by atoms with Crippen molar-refractivity contribution in [3.63, 3.8) is 0 Å². The molecule has 1 aliphatic rings. The molecule has 0 unspecified atom stereocenters. The maximum atomic E-state index is 12.7. The van der Waals surface area contributed by atoms with E-state index >= 15 is 0 Å². The minimum Gasteiger partial charge on any atom is -0.315 e. The predicted octanol–water partition coefficient (Wildman–Crippen LogP) is 3.26. The van der Waals surface area contributed by atoms with E-state index in [1.54, 1.807) is 16.8 Å². The molecule has 0 N–H and O–H groups in total. The van der Waals surface area contributed by atoms with Crippen LogP contribution in [-0.2, 0) is 16.0 Å². The SMILES string of the molecule is CCc1ccc(N2C[C@H](C(=O)N(C)c3ccccc3)CC2=O)cc1. The Balaban J connectivity index is 1.73. The number of benzene rings is 2. The number of anilines is 2. The molecule has 4 heteroatoms. The molecule has 4 nitrogen and oxygen atoms in total. The summed E-state index contributed by atoms with van der Waals surface area (Å²) in [6.07, 6.45) is 1.24. The van der Waals surface area contributed by atoms with Crippen molar-refractivity contribution in [1.29, 1.82) is 0 Å². The van der Waals surface area contributed by atoms with E-state index in [0.29, 0.717) is 6.54 Å². The van der Waals surface area contributed by atoms with Gasteiger partial charge < -0.3 is 9.80 Å². The Morgan fingerprint density at radius 2 is 1.79 bits per heavy atom.